The number of quaternary nitrogens is 1. The van der Waals surface area contributed by atoms with Gasteiger partial charge in [0.1, 0.15) is 0 Å². The van der Waals surface area contributed by atoms with Crippen LogP contribution in [0, 0.1) is 5.21 Å². The van der Waals surface area contributed by atoms with Gasteiger partial charge in [-0.15, -0.1) is 0 Å². The third kappa shape index (κ3) is 0.828. The molecule has 1 N–H and O–H groups in total. The molecule has 0 spiro atoms. The predicted molar refractivity (Wildman–Crippen MR) is 24.9 cm³/mol. The largest absolute Gasteiger partial charge is 0.566 e. The van der Waals surface area contributed by atoms with Crippen LogP contribution in [-0.4, -0.2) is 25.4 Å². The molecule has 5 nitrogen and oxygen atoms in total. The molecule has 0 aliphatic carbocycles. The van der Waals surface area contributed by atoms with Crippen molar-refractivity contribution in [2.45, 2.75) is 12.2 Å². The third-order valence-electron chi connectivity index (χ3n) is 1.47. The molecule has 0 amide bonds. The lowest BCUT2D eigenvalue weighted by molar-refractivity contribution is -1.19. The van der Waals surface area contributed by atoms with Crippen LogP contribution in [0.1, 0.15) is 0 Å². The first kappa shape index (κ1) is 5.57. The minimum absolute atomic E-state index is 0.141. The summed E-state index contributed by atoms with van der Waals surface area (Å²) in [5.41, 5.74) is 0. The SMILES string of the molecule is [O-][NH+]1OC2COCC2O1. The molecule has 2 aliphatic heterocycles. The van der Waals surface area contributed by atoms with Crippen molar-refractivity contribution in [3.05, 3.63) is 5.21 Å². The number of hydrogen-bond donors (Lipinski definition) is 1. The second-order valence-electron chi connectivity index (χ2n) is 2.10. The summed E-state index contributed by atoms with van der Waals surface area (Å²) in [4.78, 5) is 9.40. The first-order valence-electron chi connectivity index (χ1n) is 2.81. The van der Waals surface area contributed by atoms with Gasteiger partial charge in [-0.3, -0.25) is 0 Å². The van der Waals surface area contributed by atoms with E-state index in [0.717, 1.165) is 0 Å². The topological polar surface area (TPSA) is 55.2 Å². The lowest BCUT2D eigenvalue weighted by Crippen LogP contribution is -3.03. The van der Waals surface area contributed by atoms with Crippen LogP contribution >= 0.6 is 0 Å². The first-order chi connectivity index (χ1) is 4.36. The highest BCUT2D eigenvalue weighted by atomic mass is 17.1. The van der Waals surface area contributed by atoms with E-state index in [1.165, 1.54) is 0 Å². The molecule has 0 bridgehead atoms. The van der Waals surface area contributed by atoms with Crippen LogP contribution in [0.5, 0.6) is 0 Å². The van der Waals surface area contributed by atoms with Crippen LogP contribution in [0.15, 0.2) is 0 Å². The highest BCUT2D eigenvalue weighted by Crippen LogP contribution is 2.12. The van der Waals surface area contributed by atoms with Crippen molar-refractivity contribution in [1.29, 1.82) is 0 Å². The zero-order valence-corrected chi connectivity index (χ0v) is 4.70. The lowest BCUT2D eigenvalue weighted by Gasteiger charge is -2.08. The molecule has 2 rings (SSSR count). The number of ether oxygens (including phenoxy) is 1. The average molecular weight is 133 g/mol. The van der Waals surface area contributed by atoms with E-state index in [4.69, 9.17) is 14.4 Å². The molecule has 2 aliphatic rings. The van der Waals surface area contributed by atoms with E-state index in [0.29, 0.717) is 13.2 Å². The second-order valence-corrected chi connectivity index (χ2v) is 2.10. The number of fused-ring (bicyclic) bond motifs is 1. The standard InChI is InChI=1S/C4H7NO4/c6-5-8-3-1-7-2-4(3)9-5/h3-5H,1-2H2. The number of hydrogen-bond acceptors (Lipinski definition) is 4. The maximum Gasteiger partial charge on any atom is 0.179 e. The Bertz CT molecular complexity index is 107. The van der Waals surface area contributed by atoms with Crippen molar-refractivity contribution in [3.63, 3.8) is 0 Å². The van der Waals surface area contributed by atoms with Gasteiger partial charge in [0.2, 0.25) is 0 Å². The minimum atomic E-state index is -0.562. The summed E-state index contributed by atoms with van der Waals surface area (Å²) in [5.74, 6) is 0. The van der Waals surface area contributed by atoms with Crippen LogP contribution in [0.25, 0.3) is 0 Å². The molecule has 2 atom stereocenters. The summed E-state index contributed by atoms with van der Waals surface area (Å²) in [6.07, 6.45) is -0.282. The van der Waals surface area contributed by atoms with Crippen LogP contribution in [0.2, 0.25) is 0 Å². The monoisotopic (exact) mass is 133 g/mol. The second kappa shape index (κ2) is 1.89. The van der Waals surface area contributed by atoms with Crippen LogP contribution < -0.4 is 5.39 Å². The zero-order chi connectivity index (χ0) is 6.27. The van der Waals surface area contributed by atoms with Crippen molar-refractivity contribution >= 4 is 0 Å². The highest BCUT2D eigenvalue weighted by molar-refractivity contribution is 4.74. The van der Waals surface area contributed by atoms with Gasteiger partial charge in [0.05, 0.1) is 13.2 Å². The maximum atomic E-state index is 10.4. The van der Waals surface area contributed by atoms with Gasteiger partial charge in [-0.25, -0.2) is 0 Å². The van der Waals surface area contributed by atoms with E-state index in [2.05, 4.69) is 0 Å². The summed E-state index contributed by atoms with van der Waals surface area (Å²) >= 11 is 0. The Hall–Kier alpha value is -0.200. The van der Waals surface area contributed by atoms with Crippen molar-refractivity contribution in [2.24, 2.45) is 0 Å². The van der Waals surface area contributed by atoms with E-state index < -0.39 is 5.39 Å². The number of rotatable bonds is 0. The van der Waals surface area contributed by atoms with Crippen LogP contribution in [-0.2, 0) is 14.4 Å². The van der Waals surface area contributed by atoms with E-state index in [9.17, 15) is 5.21 Å². The molecule has 0 aromatic carbocycles. The predicted octanol–water partition coefficient (Wildman–Crippen LogP) is -1.99. The molecule has 5 heteroatoms. The zero-order valence-electron chi connectivity index (χ0n) is 4.70. The molecule has 2 saturated heterocycles. The summed E-state index contributed by atoms with van der Waals surface area (Å²) in [5, 5.41) is 9.79. The Morgan fingerprint density at radius 1 is 1.22 bits per heavy atom. The summed E-state index contributed by atoms with van der Waals surface area (Å²) in [6, 6.07) is 0. The molecule has 0 aromatic heterocycles. The summed E-state index contributed by atoms with van der Waals surface area (Å²) in [7, 11) is 0. The normalized spacial score (nSPS) is 49.7. The van der Waals surface area contributed by atoms with Gasteiger partial charge < -0.3 is 9.94 Å². The van der Waals surface area contributed by atoms with Gasteiger partial charge in [-0.2, -0.15) is 9.68 Å². The van der Waals surface area contributed by atoms with Crippen molar-refractivity contribution in [2.75, 3.05) is 13.2 Å². The first-order valence-corrected chi connectivity index (χ1v) is 2.81. The molecular weight excluding hydrogens is 126 g/mol. The fourth-order valence-electron chi connectivity index (χ4n) is 1.01. The molecule has 2 fully saturated rings. The molecule has 0 aromatic rings. The number of nitrogens with one attached hydrogen (secondary N) is 1. The van der Waals surface area contributed by atoms with Crippen LogP contribution in [0.4, 0.5) is 0 Å². The Balaban J connectivity index is 2.02. The quantitative estimate of drug-likeness (QED) is 0.389. The average Bonchev–Trinajstić information content (AvgIpc) is 2.22. The van der Waals surface area contributed by atoms with Gasteiger partial charge in [0.25, 0.3) is 0 Å². The lowest BCUT2D eigenvalue weighted by atomic mass is 10.3. The van der Waals surface area contributed by atoms with Crippen molar-refractivity contribution in [3.8, 4) is 0 Å². The van der Waals surface area contributed by atoms with Crippen molar-refractivity contribution < 1.29 is 19.8 Å². The van der Waals surface area contributed by atoms with Gasteiger partial charge in [-0.1, -0.05) is 5.39 Å². The van der Waals surface area contributed by atoms with E-state index in [1.54, 1.807) is 0 Å². The minimum Gasteiger partial charge on any atom is -0.566 e. The molecule has 52 valence electrons. The summed E-state index contributed by atoms with van der Waals surface area (Å²) < 4.78 is 4.96. The van der Waals surface area contributed by atoms with E-state index >= 15 is 0 Å². The molecule has 2 heterocycles. The third-order valence-corrected chi connectivity index (χ3v) is 1.47. The Morgan fingerprint density at radius 3 is 2.33 bits per heavy atom. The molecule has 0 radical (unpaired) electrons. The van der Waals surface area contributed by atoms with Gasteiger partial charge >= 0.3 is 0 Å². The Morgan fingerprint density at radius 2 is 1.78 bits per heavy atom. The van der Waals surface area contributed by atoms with Gasteiger partial charge in [0.15, 0.2) is 12.2 Å². The molecule has 0 saturated carbocycles. The molecule has 2 unspecified atom stereocenters. The smallest absolute Gasteiger partial charge is 0.179 e. The van der Waals surface area contributed by atoms with Crippen LogP contribution in [0.3, 0.4) is 0 Å². The van der Waals surface area contributed by atoms with E-state index in [-0.39, 0.29) is 12.2 Å². The van der Waals surface area contributed by atoms with Gasteiger partial charge in [0, 0.05) is 0 Å². The highest BCUT2D eigenvalue weighted by Gasteiger charge is 2.41. The molecular formula is C4H7NO4. The maximum absolute atomic E-state index is 10.4. The van der Waals surface area contributed by atoms with Crippen molar-refractivity contribution in [1.82, 2.24) is 0 Å². The van der Waals surface area contributed by atoms with Gasteiger partial charge in [-0.05, 0) is 0 Å². The summed E-state index contributed by atoms with van der Waals surface area (Å²) in [6.45, 7) is 0.965. The fourth-order valence-corrected chi connectivity index (χ4v) is 1.01. The Labute approximate surface area is 51.6 Å². The molecule has 9 heavy (non-hydrogen) atoms. The Kier molecular flexibility index (Phi) is 1.17. The van der Waals surface area contributed by atoms with E-state index in [1.807, 2.05) is 0 Å². The fraction of sp³-hybridized carbons (Fsp3) is 1.00.